The van der Waals surface area contributed by atoms with E-state index in [0.29, 0.717) is 16.1 Å². The number of benzene rings is 2. The predicted molar refractivity (Wildman–Crippen MR) is 63.8 cm³/mol. The third-order valence-electron chi connectivity index (χ3n) is 2.35. The monoisotopic (exact) mass is 250 g/mol. The Kier molecular flexibility index (Phi) is 3.11. The fourth-order valence-corrected chi connectivity index (χ4v) is 1.73. The Morgan fingerprint density at radius 1 is 1.18 bits per heavy atom. The molecule has 0 radical (unpaired) electrons. The van der Waals surface area contributed by atoms with Crippen LogP contribution in [0.1, 0.15) is 10.4 Å². The zero-order chi connectivity index (χ0) is 12.4. The van der Waals surface area contributed by atoms with Crippen molar-refractivity contribution < 1.29 is 14.3 Å². The number of carboxylic acids is 1. The first-order valence-electron chi connectivity index (χ1n) is 4.87. The average Bonchev–Trinajstić information content (AvgIpc) is 2.28. The molecule has 0 bridgehead atoms. The molecule has 0 aliphatic rings. The van der Waals surface area contributed by atoms with E-state index in [1.165, 1.54) is 12.1 Å². The second-order valence-corrected chi connectivity index (χ2v) is 3.95. The van der Waals surface area contributed by atoms with Crippen molar-refractivity contribution in [3.63, 3.8) is 0 Å². The summed E-state index contributed by atoms with van der Waals surface area (Å²) in [6.07, 6.45) is 0. The normalized spacial score (nSPS) is 10.2. The molecule has 2 aromatic rings. The topological polar surface area (TPSA) is 37.3 Å². The van der Waals surface area contributed by atoms with Gasteiger partial charge in [0, 0.05) is 10.6 Å². The summed E-state index contributed by atoms with van der Waals surface area (Å²) in [7, 11) is 0. The summed E-state index contributed by atoms with van der Waals surface area (Å²) in [6.45, 7) is 0. The molecule has 0 aliphatic carbocycles. The SMILES string of the molecule is O=C(O)c1ccc(-c2cccc(Cl)c2)c(F)c1. The zero-order valence-electron chi connectivity index (χ0n) is 8.65. The summed E-state index contributed by atoms with van der Waals surface area (Å²) in [5.41, 5.74) is 0.873. The van der Waals surface area contributed by atoms with Crippen molar-refractivity contribution in [2.75, 3.05) is 0 Å². The highest BCUT2D eigenvalue weighted by molar-refractivity contribution is 6.30. The number of aromatic carboxylic acids is 1. The first kappa shape index (κ1) is 11.6. The van der Waals surface area contributed by atoms with E-state index in [0.717, 1.165) is 6.07 Å². The van der Waals surface area contributed by atoms with Crippen LogP contribution in [0, 0.1) is 5.82 Å². The third-order valence-corrected chi connectivity index (χ3v) is 2.59. The molecule has 0 fully saturated rings. The van der Waals surface area contributed by atoms with Crippen molar-refractivity contribution in [2.24, 2.45) is 0 Å². The van der Waals surface area contributed by atoms with Crippen molar-refractivity contribution in [1.82, 2.24) is 0 Å². The lowest BCUT2D eigenvalue weighted by Crippen LogP contribution is -1.97. The van der Waals surface area contributed by atoms with Gasteiger partial charge in [-0.25, -0.2) is 9.18 Å². The van der Waals surface area contributed by atoms with E-state index in [4.69, 9.17) is 16.7 Å². The molecule has 0 saturated carbocycles. The minimum atomic E-state index is -1.15. The van der Waals surface area contributed by atoms with Crippen LogP contribution >= 0.6 is 11.6 Å². The van der Waals surface area contributed by atoms with Crippen molar-refractivity contribution in [3.05, 3.63) is 58.9 Å². The van der Waals surface area contributed by atoms with Crippen LogP contribution in [0.25, 0.3) is 11.1 Å². The molecule has 0 aliphatic heterocycles. The molecule has 2 rings (SSSR count). The van der Waals surface area contributed by atoms with Crippen LogP contribution in [0.4, 0.5) is 4.39 Å². The molecule has 1 N–H and O–H groups in total. The van der Waals surface area contributed by atoms with Crippen molar-refractivity contribution in [3.8, 4) is 11.1 Å². The Labute approximate surface area is 102 Å². The maximum Gasteiger partial charge on any atom is 0.335 e. The lowest BCUT2D eigenvalue weighted by atomic mass is 10.0. The maximum absolute atomic E-state index is 13.7. The zero-order valence-corrected chi connectivity index (χ0v) is 9.41. The van der Waals surface area contributed by atoms with Gasteiger partial charge < -0.3 is 5.11 Å². The minimum Gasteiger partial charge on any atom is -0.478 e. The Bertz CT molecular complexity index is 581. The Balaban J connectivity index is 2.50. The van der Waals surface area contributed by atoms with Gasteiger partial charge in [-0.15, -0.1) is 0 Å². The summed E-state index contributed by atoms with van der Waals surface area (Å²) in [4.78, 5) is 10.7. The van der Waals surface area contributed by atoms with Crippen molar-refractivity contribution in [1.29, 1.82) is 0 Å². The van der Waals surface area contributed by atoms with Gasteiger partial charge in [-0.3, -0.25) is 0 Å². The van der Waals surface area contributed by atoms with Gasteiger partial charge in [0.1, 0.15) is 5.82 Å². The highest BCUT2D eigenvalue weighted by Gasteiger charge is 2.09. The van der Waals surface area contributed by atoms with Crippen LogP contribution in [-0.4, -0.2) is 11.1 Å². The van der Waals surface area contributed by atoms with Gasteiger partial charge in [0.05, 0.1) is 5.56 Å². The number of hydrogen-bond acceptors (Lipinski definition) is 1. The average molecular weight is 251 g/mol. The van der Waals surface area contributed by atoms with E-state index in [2.05, 4.69) is 0 Å². The predicted octanol–water partition coefficient (Wildman–Crippen LogP) is 3.84. The van der Waals surface area contributed by atoms with Gasteiger partial charge in [0.2, 0.25) is 0 Å². The number of carboxylic acid groups (broad SMARTS) is 1. The largest absolute Gasteiger partial charge is 0.478 e. The lowest BCUT2D eigenvalue weighted by molar-refractivity contribution is 0.0696. The molecule has 0 unspecified atom stereocenters. The highest BCUT2D eigenvalue weighted by Crippen LogP contribution is 2.25. The van der Waals surface area contributed by atoms with Gasteiger partial charge in [-0.2, -0.15) is 0 Å². The second-order valence-electron chi connectivity index (χ2n) is 3.51. The minimum absolute atomic E-state index is 0.0757. The molecule has 86 valence electrons. The standard InChI is InChI=1S/C13H8ClFO2/c14-10-3-1-2-8(6-10)11-5-4-9(13(16)17)7-12(11)15/h1-7H,(H,16,17). The van der Waals surface area contributed by atoms with E-state index in [1.807, 2.05) is 0 Å². The quantitative estimate of drug-likeness (QED) is 0.879. The Morgan fingerprint density at radius 2 is 1.94 bits per heavy atom. The molecule has 0 aromatic heterocycles. The van der Waals surface area contributed by atoms with Crippen LogP contribution in [0.5, 0.6) is 0 Å². The molecule has 0 heterocycles. The molecule has 17 heavy (non-hydrogen) atoms. The van der Waals surface area contributed by atoms with E-state index >= 15 is 0 Å². The summed E-state index contributed by atoms with van der Waals surface area (Å²) in [5, 5.41) is 9.23. The Morgan fingerprint density at radius 3 is 2.53 bits per heavy atom. The molecule has 2 aromatic carbocycles. The van der Waals surface area contributed by atoms with Gasteiger partial charge in [-0.1, -0.05) is 29.8 Å². The highest BCUT2D eigenvalue weighted by atomic mass is 35.5. The third kappa shape index (κ3) is 2.45. The van der Waals surface area contributed by atoms with Crippen LogP contribution in [-0.2, 0) is 0 Å². The smallest absolute Gasteiger partial charge is 0.335 e. The van der Waals surface area contributed by atoms with Crippen molar-refractivity contribution >= 4 is 17.6 Å². The second kappa shape index (κ2) is 4.55. The number of rotatable bonds is 2. The fraction of sp³-hybridized carbons (Fsp3) is 0. The van der Waals surface area contributed by atoms with Crippen molar-refractivity contribution in [2.45, 2.75) is 0 Å². The molecule has 2 nitrogen and oxygen atoms in total. The molecule has 4 heteroatoms. The fourth-order valence-electron chi connectivity index (χ4n) is 1.54. The lowest BCUT2D eigenvalue weighted by Gasteiger charge is -2.04. The first-order valence-corrected chi connectivity index (χ1v) is 5.24. The Hall–Kier alpha value is -1.87. The molecular weight excluding hydrogens is 243 g/mol. The number of carbonyl (C=O) groups is 1. The van der Waals surface area contributed by atoms with Gasteiger partial charge in [-0.05, 0) is 29.8 Å². The molecule has 0 atom stereocenters. The number of halogens is 2. The summed E-state index contributed by atoms with van der Waals surface area (Å²) in [6, 6.07) is 10.5. The molecule has 0 amide bonds. The van der Waals surface area contributed by atoms with Gasteiger partial charge >= 0.3 is 5.97 Å². The van der Waals surface area contributed by atoms with Gasteiger partial charge in [0.15, 0.2) is 0 Å². The maximum atomic E-state index is 13.7. The van der Waals surface area contributed by atoms with E-state index in [1.54, 1.807) is 24.3 Å². The molecule has 0 saturated heterocycles. The van der Waals surface area contributed by atoms with Crippen LogP contribution in [0.3, 0.4) is 0 Å². The summed E-state index contributed by atoms with van der Waals surface area (Å²) >= 11 is 5.81. The molecule has 0 spiro atoms. The molecular formula is C13H8ClFO2. The van der Waals surface area contributed by atoms with E-state index in [-0.39, 0.29) is 5.56 Å². The van der Waals surface area contributed by atoms with E-state index in [9.17, 15) is 9.18 Å². The van der Waals surface area contributed by atoms with Gasteiger partial charge in [0.25, 0.3) is 0 Å². The summed E-state index contributed by atoms with van der Waals surface area (Å²) in [5.74, 6) is -1.73. The van der Waals surface area contributed by atoms with Crippen LogP contribution < -0.4 is 0 Å². The van der Waals surface area contributed by atoms with Crippen LogP contribution in [0.15, 0.2) is 42.5 Å². The summed E-state index contributed by atoms with van der Waals surface area (Å²) < 4.78 is 13.7. The van der Waals surface area contributed by atoms with Crippen LogP contribution in [0.2, 0.25) is 5.02 Å². The first-order chi connectivity index (χ1) is 8.08. The number of hydrogen-bond donors (Lipinski definition) is 1. The van der Waals surface area contributed by atoms with E-state index < -0.39 is 11.8 Å².